The van der Waals surface area contributed by atoms with Crippen LogP contribution >= 0.6 is 11.6 Å². The minimum atomic E-state index is -0.254. The van der Waals surface area contributed by atoms with Gasteiger partial charge in [0.25, 0.3) is 5.91 Å². The Morgan fingerprint density at radius 3 is 2.68 bits per heavy atom. The van der Waals surface area contributed by atoms with Gasteiger partial charge in [-0.05, 0) is 23.6 Å². The molecular weight excluding hydrogens is 264 g/mol. The smallest absolute Gasteiger partial charge is 0.289 e. The zero-order valence-corrected chi connectivity index (χ0v) is 11.6. The first kappa shape index (κ1) is 13.6. The van der Waals surface area contributed by atoms with Crippen LogP contribution in [0.25, 0.3) is 0 Å². The van der Waals surface area contributed by atoms with E-state index in [4.69, 9.17) is 16.0 Å². The maximum Gasteiger partial charge on any atom is 0.289 e. The lowest BCUT2D eigenvalue weighted by Crippen LogP contribution is -2.23. The number of nitrogens with one attached hydrogen (secondary N) is 1. The molecule has 0 fully saturated rings. The van der Waals surface area contributed by atoms with Gasteiger partial charge in [-0.3, -0.25) is 4.79 Å². The second kappa shape index (κ2) is 5.89. The number of aromatic nitrogens is 1. The van der Waals surface area contributed by atoms with Crippen LogP contribution in [0.4, 0.5) is 0 Å². The lowest BCUT2D eigenvalue weighted by molar-refractivity contribution is 0.0921. The van der Waals surface area contributed by atoms with Crippen molar-refractivity contribution in [2.45, 2.75) is 26.3 Å². The minimum Gasteiger partial charge on any atom is -0.438 e. The normalized spacial score (nSPS) is 10.7. The molecule has 2 aromatic rings. The number of hydrogen-bond donors (Lipinski definition) is 1. The maximum atomic E-state index is 12.0. The van der Waals surface area contributed by atoms with Gasteiger partial charge < -0.3 is 9.73 Å². The van der Waals surface area contributed by atoms with Crippen LogP contribution in [0.15, 0.2) is 35.1 Å². The summed E-state index contributed by atoms with van der Waals surface area (Å²) in [5.74, 6) is 0.176. The SMILES string of the molecule is CC(C)c1ncoc1C(=O)NCc1ccc(Cl)cc1. The Morgan fingerprint density at radius 2 is 2.05 bits per heavy atom. The summed E-state index contributed by atoms with van der Waals surface area (Å²) in [4.78, 5) is 16.1. The molecule has 100 valence electrons. The topological polar surface area (TPSA) is 55.1 Å². The molecule has 2 rings (SSSR count). The molecule has 0 aliphatic heterocycles. The summed E-state index contributed by atoms with van der Waals surface area (Å²) in [5, 5.41) is 3.47. The van der Waals surface area contributed by atoms with Crippen molar-refractivity contribution in [3.63, 3.8) is 0 Å². The van der Waals surface area contributed by atoms with E-state index in [2.05, 4.69) is 10.3 Å². The van der Waals surface area contributed by atoms with Gasteiger partial charge in [-0.15, -0.1) is 0 Å². The highest BCUT2D eigenvalue weighted by molar-refractivity contribution is 6.30. The number of carbonyl (C=O) groups is 1. The average molecular weight is 279 g/mol. The summed E-state index contributed by atoms with van der Waals surface area (Å²) in [6.07, 6.45) is 1.30. The summed E-state index contributed by atoms with van der Waals surface area (Å²) in [5.41, 5.74) is 1.65. The predicted octanol–water partition coefficient (Wildman–Crippen LogP) is 3.38. The molecule has 0 unspecified atom stereocenters. The number of amides is 1. The molecule has 0 spiro atoms. The Hall–Kier alpha value is -1.81. The highest BCUT2D eigenvalue weighted by Gasteiger charge is 2.18. The van der Waals surface area contributed by atoms with Crippen molar-refractivity contribution in [2.75, 3.05) is 0 Å². The van der Waals surface area contributed by atoms with Crippen molar-refractivity contribution < 1.29 is 9.21 Å². The fourth-order valence-corrected chi connectivity index (χ4v) is 1.83. The molecule has 1 N–H and O–H groups in total. The first-order valence-electron chi connectivity index (χ1n) is 6.04. The zero-order valence-electron chi connectivity index (χ0n) is 10.8. The maximum absolute atomic E-state index is 12.0. The molecule has 19 heavy (non-hydrogen) atoms. The summed E-state index contributed by atoms with van der Waals surface area (Å²) >= 11 is 5.80. The first-order valence-corrected chi connectivity index (χ1v) is 6.41. The van der Waals surface area contributed by atoms with Crippen LogP contribution < -0.4 is 5.32 Å². The van der Waals surface area contributed by atoms with E-state index in [1.165, 1.54) is 6.39 Å². The predicted molar refractivity (Wildman–Crippen MR) is 73.2 cm³/mol. The Morgan fingerprint density at radius 1 is 1.37 bits per heavy atom. The first-order chi connectivity index (χ1) is 9.08. The molecule has 5 heteroatoms. The standard InChI is InChI=1S/C14H15ClN2O2/c1-9(2)12-13(19-8-17-12)14(18)16-7-10-3-5-11(15)6-4-10/h3-6,8-9H,7H2,1-2H3,(H,16,18). The molecule has 0 atom stereocenters. The second-order valence-corrected chi connectivity index (χ2v) is 4.97. The highest BCUT2D eigenvalue weighted by atomic mass is 35.5. The van der Waals surface area contributed by atoms with Crippen molar-refractivity contribution >= 4 is 17.5 Å². The Labute approximate surface area is 116 Å². The lowest BCUT2D eigenvalue weighted by Gasteiger charge is -2.06. The van der Waals surface area contributed by atoms with E-state index in [9.17, 15) is 4.79 Å². The number of benzene rings is 1. The Bertz CT molecular complexity index is 561. The van der Waals surface area contributed by atoms with E-state index in [0.717, 1.165) is 5.56 Å². The fourth-order valence-electron chi connectivity index (χ4n) is 1.70. The van der Waals surface area contributed by atoms with Gasteiger partial charge >= 0.3 is 0 Å². The van der Waals surface area contributed by atoms with E-state index in [1.54, 1.807) is 12.1 Å². The number of nitrogens with zero attached hydrogens (tertiary/aromatic N) is 1. The molecule has 0 radical (unpaired) electrons. The fraction of sp³-hybridized carbons (Fsp3) is 0.286. The van der Waals surface area contributed by atoms with Crippen LogP contribution in [0.5, 0.6) is 0 Å². The number of halogens is 1. The van der Waals surface area contributed by atoms with Gasteiger partial charge in [-0.1, -0.05) is 37.6 Å². The van der Waals surface area contributed by atoms with Crippen LogP contribution in [0.3, 0.4) is 0 Å². The van der Waals surface area contributed by atoms with Gasteiger partial charge in [-0.2, -0.15) is 0 Å². The summed E-state index contributed by atoms with van der Waals surface area (Å²) in [6, 6.07) is 7.31. The summed E-state index contributed by atoms with van der Waals surface area (Å²) in [7, 11) is 0. The van der Waals surface area contributed by atoms with E-state index < -0.39 is 0 Å². The lowest BCUT2D eigenvalue weighted by atomic mass is 10.1. The number of oxazole rings is 1. The van der Waals surface area contributed by atoms with Crippen LogP contribution in [0.1, 0.15) is 41.6 Å². The molecule has 1 heterocycles. The van der Waals surface area contributed by atoms with Crippen molar-refractivity contribution in [2.24, 2.45) is 0 Å². The van der Waals surface area contributed by atoms with Crippen LogP contribution in [0.2, 0.25) is 5.02 Å². The van der Waals surface area contributed by atoms with Crippen LogP contribution in [-0.4, -0.2) is 10.9 Å². The molecule has 0 saturated carbocycles. The summed E-state index contributed by atoms with van der Waals surface area (Å²) < 4.78 is 5.15. The second-order valence-electron chi connectivity index (χ2n) is 4.53. The summed E-state index contributed by atoms with van der Waals surface area (Å²) in [6.45, 7) is 4.36. The molecule has 0 bridgehead atoms. The number of carbonyl (C=O) groups excluding carboxylic acids is 1. The Balaban J connectivity index is 2.01. The third-order valence-corrected chi connectivity index (χ3v) is 2.97. The zero-order chi connectivity index (χ0) is 13.8. The van der Waals surface area contributed by atoms with Crippen molar-refractivity contribution in [3.8, 4) is 0 Å². The van der Waals surface area contributed by atoms with Crippen molar-refractivity contribution in [1.29, 1.82) is 0 Å². The average Bonchev–Trinajstić information content (AvgIpc) is 2.87. The molecule has 1 amide bonds. The molecular formula is C14H15ClN2O2. The van der Waals surface area contributed by atoms with Gasteiger partial charge in [0.1, 0.15) is 0 Å². The number of rotatable bonds is 4. The van der Waals surface area contributed by atoms with Gasteiger partial charge in [0.2, 0.25) is 5.76 Å². The van der Waals surface area contributed by atoms with Gasteiger partial charge in [0.15, 0.2) is 6.39 Å². The quantitative estimate of drug-likeness (QED) is 0.933. The van der Waals surface area contributed by atoms with E-state index in [-0.39, 0.29) is 17.6 Å². The monoisotopic (exact) mass is 278 g/mol. The molecule has 1 aromatic heterocycles. The largest absolute Gasteiger partial charge is 0.438 e. The third-order valence-electron chi connectivity index (χ3n) is 2.71. The molecule has 1 aromatic carbocycles. The van der Waals surface area contributed by atoms with E-state index >= 15 is 0 Å². The number of hydrogen-bond acceptors (Lipinski definition) is 3. The molecule has 0 aliphatic rings. The minimum absolute atomic E-state index is 0.148. The molecule has 4 nitrogen and oxygen atoms in total. The van der Waals surface area contributed by atoms with Crippen LogP contribution in [-0.2, 0) is 6.54 Å². The van der Waals surface area contributed by atoms with Crippen molar-refractivity contribution in [3.05, 3.63) is 52.7 Å². The Kier molecular flexibility index (Phi) is 4.22. The van der Waals surface area contributed by atoms with Gasteiger partial charge in [0, 0.05) is 11.6 Å². The van der Waals surface area contributed by atoms with Crippen molar-refractivity contribution in [1.82, 2.24) is 10.3 Å². The van der Waals surface area contributed by atoms with E-state index in [1.807, 2.05) is 26.0 Å². The van der Waals surface area contributed by atoms with Gasteiger partial charge in [-0.25, -0.2) is 4.98 Å². The van der Waals surface area contributed by atoms with Crippen LogP contribution in [0, 0.1) is 0 Å². The highest BCUT2D eigenvalue weighted by Crippen LogP contribution is 2.17. The molecule has 0 aliphatic carbocycles. The molecule has 0 saturated heterocycles. The van der Waals surface area contributed by atoms with E-state index in [0.29, 0.717) is 17.3 Å². The van der Waals surface area contributed by atoms with Gasteiger partial charge in [0.05, 0.1) is 5.69 Å². The third kappa shape index (κ3) is 3.35.